The van der Waals surface area contributed by atoms with Gasteiger partial charge in [-0.05, 0) is 68.1 Å². The normalized spacial score (nSPS) is 15.1. The van der Waals surface area contributed by atoms with E-state index in [1.54, 1.807) is 24.3 Å². The van der Waals surface area contributed by atoms with Gasteiger partial charge in [0.25, 0.3) is 5.91 Å². The molecule has 1 saturated carbocycles. The molecule has 1 aliphatic carbocycles. The Kier molecular flexibility index (Phi) is 5.82. The Morgan fingerprint density at radius 1 is 1.07 bits per heavy atom. The van der Waals surface area contributed by atoms with Crippen molar-refractivity contribution in [2.75, 3.05) is 19.4 Å². The minimum Gasteiger partial charge on any atom is -0.490 e. The van der Waals surface area contributed by atoms with E-state index in [0.717, 1.165) is 22.9 Å². The summed E-state index contributed by atoms with van der Waals surface area (Å²) in [6.07, 6.45) is 4.88. The van der Waals surface area contributed by atoms with Crippen LogP contribution in [0.25, 0.3) is 0 Å². The molecular weight excluding hydrogens is 364 g/mol. The number of amides is 1. The van der Waals surface area contributed by atoms with Gasteiger partial charge < -0.3 is 10.1 Å². The fourth-order valence-electron chi connectivity index (χ4n) is 3.03. The number of carbonyl (C=O) groups is 1. The van der Waals surface area contributed by atoms with E-state index < -0.39 is 10.0 Å². The highest BCUT2D eigenvalue weighted by atomic mass is 32.2. The fourth-order valence-corrected chi connectivity index (χ4v) is 3.98. The second-order valence-corrected chi connectivity index (χ2v) is 8.97. The predicted molar refractivity (Wildman–Crippen MR) is 105 cm³/mol. The molecule has 0 bridgehead atoms. The Morgan fingerprint density at radius 3 is 2.37 bits per heavy atom. The number of sulfonamides is 1. The summed E-state index contributed by atoms with van der Waals surface area (Å²) in [6.45, 7) is 0. The third-order valence-electron chi connectivity index (χ3n) is 4.59. The molecule has 0 heterocycles. The lowest BCUT2D eigenvalue weighted by atomic mass is 10.2. The molecule has 0 unspecified atom stereocenters. The van der Waals surface area contributed by atoms with Gasteiger partial charge in [0.2, 0.25) is 10.0 Å². The van der Waals surface area contributed by atoms with E-state index in [-0.39, 0.29) is 22.5 Å². The second kappa shape index (κ2) is 8.10. The first kappa shape index (κ1) is 19.4. The largest absolute Gasteiger partial charge is 0.490 e. The molecule has 0 radical (unpaired) electrons. The van der Waals surface area contributed by atoms with Crippen LogP contribution in [0.4, 0.5) is 5.69 Å². The predicted octanol–water partition coefficient (Wildman–Crippen LogP) is 3.51. The number of nitrogens with zero attached hydrogens (tertiary/aromatic N) is 1. The Hall–Kier alpha value is -2.38. The molecule has 0 aliphatic heterocycles. The number of ether oxygens (including phenoxy) is 1. The molecule has 27 heavy (non-hydrogen) atoms. The summed E-state index contributed by atoms with van der Waals surface area (Å²) in [5.41, 5.74) is 0.906. The lowest BCUT2D eigenvalue weighted by Crippen LogP contribution is -2.22. The molecule has 1 aliphatic rings. The van der Waals surface area contributed by atoms with Crippen LogP contribution in [0.2, 0.25) is 0 Å². The maximum atomic E-state index is 12.5. The Bertz CT molecular complexity index is 902. The molecule has 1 fully saturated rings. The number of nitrogens with one attached hydrogen (secondary N) is 1. The zero-order chi connectivity index (χ0) is 19.4. The van der Waals surface area contributed by atoms with E-state index in [1.165, 1.54) is 39.1 Å². The maximum Gasteiger partial charge on any atom is 0.255 e. The van der Waals surface area contributed by atoms with Crippen molar-refractivity contribution < 1.29 is 17.9 Å². The summed E-state index contributed by atoms with van der Waals surface area (Å²) in [5.74, 6) is 0.425. The third-order valence-corrected chi connectivity index (χ3v) is 6.40. The topological polar surface area (TPSA) is 75.7 Å². The zero-order valence-corrected chi connectivity index (χ0v) is 16.3. The lowest BCUT2D eigenvalue weighted by molar-refractivity contribution is 0.102. The summed E-state index contributed by atoms with van der Waals surface area (Å²) in [5, 5.41) is 2.78. The van der Waals surface area contributed by atoms with E-state index >= 15 is 0 Å². The van der Waals surface area contributed by atoms with E-state index in [4.69, 9.17) is 4.74 Å². The van der Waals surface area contributed by atoms with Gasteiger partial charge in [-0.2, -0.15) is 0 Å². The van der Waals surface area contributed by atoms with Crippen molar-refractivity contribution >= 4 is 21.6 Å². The van der Waals surface area contributed by atoms with Gasteiger partial charge in [0.1, 0.15) is 5.75 Å². The highest BCUT2D eigenvalue weighted by molar-refractivity contribution is 7.89. The van der Waals surface area contributed by atoms with E-state index in [0.29, 0.717) is 5.69 Å². The van der Waals surface area contributed by atoms with E-state index in [2.05, 4.69) is 5.32 Å². The van der Waals surface area contributed by atoms with Crippen molar-refractivity contribution in [2.24, 2.45) is 0 Å². The van der Waals surface area contributed by atoms with Crippen LogP contribution in [0, 0.1) is 0 Å². The molecule has 3 rings (SSSR count). The average Bonchev–Trinajstić information content (AvgIpc) is 3.16. The van der Waals surface area contributed by atoms with Crippen molar-refractivity contribution in [3.05, 3.63) is 54.1 Å². The molecule has 6 nitrogen and oxygen atoms in total. The first-order valence-electron chi connectivity index (χ1n) is 8.97. The number of anilines is 1. The SMILES string of the molecule is CN(C)S(=O)(=O)c1cccc(C(=O)Nc2ccc(OC3CCCC3)cc2)c1. The van der Waals surface area contributed by atoms with Crippen LogP contribution in [0.3, 0.4) is 0 Å². The Morgan fingerprint density at radius 2 is 1.74 bits per heavy atom. The van der Waals surface area contributed by atoms with Crippen molar-refractivity contribution in [1.82, 2.24) is 4.31 Å². The number of benzene rings is 2. The van der Waals surface area contributed by atoms with E-state index in [9.17, 15) is 13.2 Å². The van der Waals surface area contributed by atoms with Crippen LogP contribution < -0.4 is 10.1 Å². The summed E-state index contributed by atoms with van der Waals surface area (Å²) >= 11 is 0. The molecule has 2 aromatic rings. The van der Waals surface area contributed by atoms with Crippen LogP contribution in [-0.2, 0) is 10.0 Å². The maximum absolute atomic E-state index is 12.5. The number of hydrogen-bond acceptors (Lipinski definition) is 4. The van der Waals surface area contributed by atoms with Crippen molar-refractivity contribution in [3.8, 4) is 5.75 Å². The van der Waals surface area contributed by atoms with Crippen LogP contribution >= 0.6 is 0 Å². The molecule has 0 saturated heterocycles. The molecule has 0 spiro atoms. The molecular formula is C20H24N2O4S. The van der Waals surface area contributed by atoms with E-state index in [1.807, 2.05) is 12.1 Å². The van der Waals surface area contributed by atoms with Crippen molar-refractivity contribution in [1.29, 1.82) is 0 Å². The molecule has 1 N–H and O–H groups in total. The molecule has 7 heteroatoms. The van der Waals surface area contributed by atoms with Gasteiger partial charge in [-0.25, -0.2) is 12.7 Å². The lowest BCUT2D eigenvalue weighted by Gasteiger charge is -2.14. The molecule has 0 atom stereocenters. The monoisotopic (exact) mass is 388 g/mol. The molecule has 1 amide bonds. The van der Waals surface area contributed by atoms with Crippen molar-refractivity contribution in [2.45, 2.75) is 36.7 Å². The minimum atomic E-state index is -3.59. The summed E-state index contributed by atoms with van der Waals surface area (Å²) in [6, 6.07) is 13.2. The van der Waals surface area contributed by atoms with Crippen LogP contribution in [0.15, 0.2) is 53.4 Å². The Balaban J connectivity index is 1.68. The van der Waals surface area contributed by atoms with Crippen LogP contribution in [0.1, 0.15) is 36.0 Å². The summed E-state index contributed by atoms with van der Waals surface area (Å²) in [4.78, 5) is 12.6. The summed E-state index contributed by atoms with van der Waals surface area (Å²) in [7, 11) is -0.675. The highest BCUT2D eigenvalue weighted by Gasteiger charge is 2.19. The Labute approximate surface area is 160 Å². The number of rotatable bonds is 6. The minimum absolute atomic E-state index is 0.0838. The highest BCUT2D eigenvalue weighted by Crippen LogP contribution is 2.25. The molecule has 144 valence electrons. The van der Waals surface area contributed by atoms with Gasteiger partial charge in [-0.15, -0.1) is 0 Å². The van der Waals surface area contributed by atoms with Crippen molar-refractivity contribution in [3.63, 3.8) is 0 Å². The standard InChI is InChI=1S/C20H24N2O4S/c1-22(2)27(24,25)19-9-5-6-15(14-19)20(23)21-16-10-12-18(13-11-16)26-17-7-3-4-8-17/h5-6,9-14,17H,3-4,7-8H2,1-2H3,(H,21,23). The van der Waals surface area contributed by atoms with Gasteiger partial charge >= 0.3 is 0 Å². The van der Waals surface area contributed by atoms with Crippen LogP contribution in [0.5, 0.6) is 5.75 Å². The molecule has 2 aromatic carbocycles. The first-order chi connectivity index (χ1) is 12.9. The van der Waals surface area contributed by atoms with Gasteiger partial charge in [-0.3, -0.25) is 4.79 Å². The quantitative estimate of drug-likeness (QED) is 0.822. The van der Waals surface area contributed by atoms with Gasteiger partial charge in [0, 0.05) is 25.3 Å². The number of carbonyl (C=O) groups excluding carboxylic acids is 1. The molecule has 0 aromatic heterocycles. The van der Waals surface area contributed by atoms with Gasteiger partial charge in [0.15, 0.2) is 0 Å². The third kappa shape index (κ3) is 4.67. The number of hydrogen-bond donors (Lipinski definition) is 1. The second-order valence-electron chi connectivity index (χ2n) is 6.82. The first-order valence-corrected chi connectivity index (χ1v) is 10.4. The van der Waals surface area contributed by atoms with Gasteiger partial charge in [-0.1, -0.05) is 6.07 Å². The fraction of sp³-hybridized carbons (Fsp3) is 0.350. The smallest absolute Gasteiger partial charge is 0.255 e. The zero-order valence-electron chi connectivity index (χ0n) is 15.5. The van der Waals surface area contributed by atoms with Crippen LogP contribution in [-0.4, -0.2) is 38.8 Å². The average molecular weight is 388 g/mol. The van der Waals surface area contributed by atoms with Gasteiger partial charge in [0.05, 0.1) is 11.0 Å². The summed E-state index contributed by atoms with van der Waals surface area (Å²) < 4.78 is 31.5.